The largest absolute Gasteiger partial charge is 0.501 e. The summed E-state index contributed by atoms with van der Waals surface area (Å²) in [6, 6.07) is 0. The van der Waals surface area contributed by atoms with Crippen LogP contribution in [-0.4, -0.2) is 12.4 Å². The van der Waals surface area contributed by atoms with Crippen LogP contribution in [0.2, 0.25) is 0 Å². The molecule has 0 aromatic heterocycles. The number of carbonyl (C=O) groups is 1. The summed E-state index contributed by atoms with van der Waals surface area (Å²) in [6.07, 6.45) is 5.28. The molecule has 2 heteroatoms. The first-order chi connectivity index (χ1) is 7.38. The van der Waals surface area contributed by atoms with Crippen molar-refractivity contribution in [2.75, 3.05) is 6.61 Å². The van der Waals surface area contributed by atoms with Crippen LogP contribution in [0, 0.1) is 11.3 Å². The van der Waals surface area contributed by atoms with Gasteiger partial charge in [0.05, 0.1) is 12.9 Å². The van der Waals surface area contributed by atoms with Crippen LogP contribution in [0.15, 0.2) is 11.8 Å². The van der Waals surface area contributed by atoms with E-state index in [1.165, 1.54) is 0 Å². The highest BCUT2D eigenvalue weighted by Crippen LogP contribution is 2.27. The van der Waals surface area contributed by atoms with Gasteiger partial charge in [0.1, 0.15) is 0 Å². The van der Waals surface area contributed by atoms with E-state index in [-0.39, 0.29) is 5.78 Å². The van der Waals surface area contributed by atoms with Crippen molar-refractivity contribution in [2.24, 2.45) is 11.3 Å². The fourth-order valence-corrected chi connectivity index (χ4v) is 2.33. The number of ketones is 1. The molecular weight excluding hydrogens is 200 g/mol. The first kappa shape index (κ1) is 13.3. The molecule has 1 unspecified atom stereocenters. The van der Waals surface area contributed by atoms with Gasteiger partial charge in [0, 0.05) is 12.0 Å². The molecular formula is C14H24O2. The van der Waals surface area contributed by atoms with Crippen LogP contribution >= 0.6 is 0 Å². The van der Waals surface area contributed by atoms with Crippen LogP contribution < -0.4 is 0 Å². The van der Waals surface area contributed by atoms with E-state index in [1.54, 1.807) is 6.26 Å². The Morgan fingerprint density at radius 2 is 2.19 bits per heavy atom. The van der Waals surface area contributed by atoms with Crippen LogP contribution in [0.25, 0.3) is 0 Å². The van der Waals surface area contributed by atoms with E-state index in [1.807, 2.05) is 0 Å². The van der Waals surface area contributed by atoms with Crippen LogP contribution in [0.1, 0.15) is 53.4 Å². The molecule has 0 radical (unpaired) electrons. The Bertz CT molecular complexity index is 271. The minimum atomic E-state index is 0.274. The van der Waals surface area contributed by atoms with E-state index in [0.29, 0.717) is 17.8 Å². The third-order valence-electron chi connectivity index (χ3n) is 2.79. The topological polar surface area (TPSA) is 26.3 Å². The van der Waals surface area contributed by atoms with Crippen molar-refractivity contribution in [1.82, 2.24) is 0 Å². The van der Waals surface area contributed by atoms with Gasteiger partial charge in [-0.2, -0.15) is 0 Å². The molecule has 0 fully saturated rings. The molecule has 0 aromatic carbocycles. The van der Waals surface area contributed by atoms with Gasteiger partial charge in [-0.25, -0.2) is 0 Å². The summed E-state index contributed by atoms with van der Waals surface area (Å²) in [5.41, 5.74) is 1.18. The second kappa shape index (κ2) is 5.51. The third-order valence-corrected chi connectivity index (χ3v) is 2.79. The first-order valence-electron chi connectivity index (χ1n) is 6.22. The van der Waals surface area contributed by atoms with Crippen molar-refractivity contribution in [1.29, 1.82) is 0 Å². The lowest BCUT2D eigenvalue weighted by atomic mass is 9.82. The molecule has 1 rings (SSSR count). The number of ether oxygens (including phenoxy) is 1. The first-order valence-corrected chi connectivity index (χ1v) is 6.22. The normalized spacial score (nSPS) is 18.6. The lowest BCUT2D eigenvalue weighted by molar-refractivity contribution is -0.117. The van der Waals surface area contributed by atoms with Gasteiger partial charge in [0.2, 0.25) is 0 Å². The van der Waals surface area contributed by atoms with Gasteiger partial charge >= 0.3 is 0 Å². The molecule has 0 aliphatic carbocycles. The molecule has 92 valence electrons. The smallest absolute Gasteiger partial charge is 0.162 e. The molecule has 0 bridgehead atoms. The number of hydrogen-bond donors (Lipinski definition) is 0. The maximum absolute atomic E-state index is 11.9. The van der Waals surface area contributed by atoms with E-state index in [2.05, 4.69) is 27.7 Å². The maximum Gasteiger partial charge on any atom is 0.162 e. The van der Waals surface area contributed by atoms with Crippen molar-refractivity contribution >= 4 is 5.78 Å². The number of hydrogen-bond acceptors (Lipinski definition) is 2. The predicted octanol–water partition coefficient (Wildman–Crippen LogP) is 3.71. The molecule has 16 heavy (non-hydrogen) atoms. The number of Topliss-reactive ketones (excluding diaryl/α,β-unsaturated/α-hetero) is 1. The molecule has 0 saturated heterocycles. The minimum Gasteiger partial charge on any atom is -0.501 e. The number of carbonyl (C=O) groups excluding carboxylic acids is 1. The fourth-order valence-electron chi connectivity index (χ4n) is 2.33. The quantitative estimate of drug-likeness (QED) is 0.727. The lowest BCUT2D eigenvalue weighted by Gasteiger charge is -2.23. The Kier molecular flexibility index (Phi) is 4.57. The van der Waals surface area contributed by atoms with Crippen LogP contribution in [-0.2, 0) is 9.53 Å². The molecule has 1 aliphatic rings. The van der Waals surface area contributed by atoms with E-state index in [9.17, 15) is 4.79 Å². The molecule has 0 N–H and O–H groups in total. The Labute approximate surface area is 99.1 Å². The van der Waals surface area contributed by atoms with Gasteiger partial charge in [-0.15, -0.1) is 0 Å². The molecule has 2 nitrogen and oxygen atoms in total. The summed E-state index contributed by atoms with van der Waals surface area (Å²) in [4.78, 5) is 11.9. The molecule has 1 aliphatic heterocycles. The van der Waals surface area contributed by atoms with E-state index >= 15 is 0 Å². The number of allylic oxidation sites excluding steroid dienone is 1. The Morgan fingerprint density at radius 1 is 1.50 bits per heavy atom. The van der Waals surface area contributed by atoms with E-state index in [0.717, 1.165) is 31.4 Å². The molecule has 0 spiro atoms. The van der Waals surface area contributed by atoms with Crippen molar-refractivity contribution in [3.63, 3.8) is 0 Å². The summed E-state index contributed by atoms with van der Waals surface area (Å²) in [5, 5.41) is 0. The lowest BCUT2D eigenvalue weighted by Crippen LogP contribution is -2.16. The summed E-state index contributed by atoms with van der Waals surface area (Å²) >= 11 is 0. The summed E-state index contributed by atoms with van der Waals surface area (Å²) in [5.74, 6) is 0.728. The van der Waals surface area contributed by atoms with Crippen LogP contribution in [0.3, 0.4) is 0 Å². The van der Waals surface area contributed by atoms with Crippen molar-refractivity contribution in [2.45, 2.75) is 53.4 Å². The SMILES string of the molecule is CC(CC(=O)C1=COCCC1)CC(C)(C)C. The fraction of sp³-hybridized carbons (Fsp3) is 0.786. The molecule has 0 aromatic rings. The highest BCUT2D eigenvalue weighted by molar-refractivity contribution is 5.95. The average molecular weight is 224 g/mol. The molecule has 1 heterocycles. The van der Waals surface area contributed by atoms with Gasteiger partial charge < -0.3 is 4.74 Å². The second-order valence-electron chi connectivity index (χ2n) is 6.11. The zero-order chi connectivity index (χ0) is 12.2. The zero-order valence-electron chi connectivity index (χ0n) is 11.0. The molecule has 0 amide bonds. The van der Waals surface area contributed by atoms with Crippen molar-refractivity contribution in [3.8, 4) is 0 Å². The highest BCUT2D eigenvalue weighted by atomic mass is 16.5. The predicted molar refractivity (Wildman–Crippen MR) is 66.1 cm³/mol. The van der Waals surface area contributed by atoms with Gasteiger partial charge in [-0.05, 0) is 30.6 Å². The van der Waals surface area contributed by atoms with Crippen LogP contribution in [0.5, 0.6) is 0 Å². The van der Waals surface area contributed by atoms with Crippen LogP contribution in [0.4, 0.5) is 0 Å². The van der Waals surface area contributed by atoms with E-state index in [4.69, 9.17) is 4.74 Å². The monoisotopic (exact) mass is 224 g/mol. The van der Waals surface area contributed by atoms with Gasteiger partial charge in [-0.3, -0.25) is 4.79 Å². The maximum atomic E-state index is 11.9. The van der Waals surface area contributed by atoms with E-state index < -0.39 is 0 Å². The summed E-state index contributed by atoms with van der Waals surface area (Å²) in [6.45, 7) is 9.58. The van der Waals surface area contributed by atoms with Crippen molar-refractivity contribution < 1.29 is 9.53 Å². The number of rotatable bonds is 4. The standard InChI is InChI=1S/C14H24O2/c1-11(9-14(2,3)4)8-13(15)12-6-5-7-16-10-12/h10-11H,5-9H2,1-4H3. The van der Waals surface area contributed by atoms with Gasteiger partial charge in [0.15, 0.2) is 5.78 Å². The third kappa shape index (κ3) is 4.82. The Morgan fingerprint density at radius 3 is 2.69 bits per heavy atom. The second-order valence-corrected chi connectivity index (χ2v) is 6.11. The summed E-state index contributed by atoms with van der Waals surface area (Å²) < 4.78 is 5.20. The van der Waals surface area contributed by atoms with Crippen molar-refractivity contribution in [3.05, 3.63) is 11.8 Å². The van der Waals surface area contributed by atoms with Gasteiger partial charge in [-0.1, -0.05) is 27.7 Å². The minimum absolute atomic E-state index is 0.274. The molecule has 0 saturated carbocycles. The van der Waals surface area contributed by atoms with Gasteiger partial charge in [0.25, 0.3) is 0 Å². The Balaban J connectivity index is 2.41. The average Bonchev–Trinajstić information content (AvgIpc) is 2.16. The summed E-state index contributed by atoms with van der Waals surface area (Å²) in [7, 11) is 0. The molecule has 1 atom stereocenters. The Hall–Kier alpha value is -0.790. The highest BCUT2D eigenvalue weighted by Gasteiger charge is 2.20. The zero-order valence-corrected chi connectivity index (χ0v) is 11.0.